The van der Waals surface area contributed by atoms with Gasteiger partial charge in [-0.1, -0.05) is 38.5 Å². The number of hydrogen-bond acceptors (Lipinski definition) is 6. The number of aryl methyl sites for hydroxylation is 1. The van der Waals surface area contributed by atoms with Crippen molar-refractivity contribution in [2.45, 2.75) is 39.2 Å². The number of rotatable bonds is 9. The molecule has 2 aromatic heterocycles. The Morgan fingerprint density at radius 3 is 2.64 bits per heavy atom. The molecule has 0 saturated heterocycles. The van der Waals surface area contributed by atoms with Gasteiger partial charge in [0.25, 0.3) is 0 Å². The molecule has 0 saturated carbocycles. The summed E-state index contributed by atoms with van der Waals surface area (Å²) in [7, 11) is 1.70. The number of phenolic OH excluding ortho intramolecular Hbond substituents is 1. The molecule has 0 aliphatic rings. The average molecular weight is 492 g/mol. The maximum absolute atomic E-state index is 11.2. The van der Waals surface area contributed by atoms with Crippen molar-refractivity contribution < 1.29 is 15.0 Å². The monoisotopic (exact) mass is 491 g/mol. The third-order valence-corrected chi connectivity index (χ3v) is 5.85. The van der Waals surface area contributed by atoms with Crippen LogP contribution in [0.2, 0.25) is 0 Å². The molecule has 1 atom stereocenters. The Morgan fingerprint density at radius 2 is 2.03 bits per heavy atom. The first kappa shape index (κ1) is 28.2. The number of nitrogens with two attached hydrogens (primary N) is 2. The number of phenols is 1. The minimum atomic E-state index is -0.129. The number of carbonyl (C=O) groups excluding carboxylic acids is 1. The number of aromatic nitrogens is 2. The second kappa shape index (κ2) is 13.7. The van der Waals surface area contributed by atoms with Crippen LogP contribution in [0.3, 0.4) is 0 Å². The molecular formula is C28H37N5O3. The molecule has 8 heteroatoms. The number of amides is 1. The fourth-order valence-corrected chi connectivity index (χ4v) is 3.68. The molecule has 8 nitrogen and oxygen atoms in total. The molecule has 36 heavy (non-hydrogen) atoms. The molecule has 3 rings (SSSR count). The molecule has 0 spiro atoms. The van der Waals surface area contributed by atoms with Crippen LogP contribution in [0, 0.1) is 6.92 Å². The second-order valence-corrected chi connectivity index (χ2v) is 8.46. The lowest BCUT2D eigenvalue weighted by Crippen LogP contribution is -2.38. The Labute approximate surface area is 213 Å². The third kappa shape index (κ3) is 7.48. The van der Waals surface area contributed by atoms with Crippen molar-refractivity contribution >= 4 is 23.5 Å². The standard InChI is InChI=1S/C18H18N4O.C10H19NO2/c1-11-8-12(6-7-21-11)15-10-22-18(20)14(15)9-16(19)13-4-2-3-5-17(13)23;1-4-6-7-9(8-12)11(3)10(13)5-2/h2-10,22-23H,19-20H2,1H3;5,9,12H,2,4,6-8H2,1,3H3/b16-9-;/t;9-/m.0/s1. The maximum Gasteiger partial charge on any atom is 0.246 e. The summed E-state index contributed by atoms with van der Waals surface area (Å²) in [6.45, 7) is 7.45. The van der Waals surface area contributed by atoms with Crippen LogP contribution in [0.15, 0.2) is 61.4 Å². The number of para-hydroxylation sites is 1. The van der Waals surface area contributed by atoms with Crippen molar-refractivity contribution in [3.8, 4) is 16.9 Å². The number of anilines is 1. The molecule has 0 aliphatic heterocycles. The van der Waals surface area contributed by atoms with E-state index in [0.29, 0.717) is 17.1 Å². The van der Waals surface area contributed by atoms with Crippen molar-refractivity contribution in [3.05, 3.63) is 78.3 Å². The quantitative estimate of drug-likeness (QED) is 0.282. The minimum Gasteiger partial charge on any atom is -0.507 e. The zero-order valence-corrected chi connectivity index (χ0v) is 21.2. The van der Waals surface area contributed by atoms with E-state index in [0.717, 1.165) is 41.6 Å². The zero-order valence-electron chi connectivity index (χ0n) is 21.2. The van der Waals surface area contributed by atoms with Gasteiger partial charge < -0.3 is 31.6 Å². The summed E-state index contributed by atoms with van der Waals surface area (Å²) in [5.74, 6) is 0.527. The van der Waals surface area contributed by atoms with Crippen molar-refractivity contribution in [2.24, 2.45) is 5.73 Å². The largest absolute Gasteiger partial charge is 0.507 e. The number of pyridine rings is 1. The van der Waals surface area contributed by atoms with E-state index in [-0.39, 0.29) is 24.3 Å². The van der Waals surface area contributed by atoms with Crippen molar-refractivity contribution in [1.82, 2.24) is 14.9 Å². The second-order valence-electron chi connectivity index (χ2n) is 8.46. The highest BCUT2D eigenvalue weighted by molar-refractivity contribution is 5.91. The van der Waals surface area contributed by atoms with Crippen molar-refractivity contribution in [3.63, 3.8) is 0 Å². The predicted molar refractivity (Wildman–Crippen MR) is 147 cm³/mol. The van der Waals surface area contributed by atoms with Gasteiger partial charge in [-0.25, -0.2) is 0 Å². The molecule has 0 radical (unpaired) electrons. The Hall–Kier alpha value is -4.04. The zero-order chi connectivity index (χ0) is 26.7. The summed E-state index contributed by atoms with van der Waals surface area (Å²) in [5.41, 5.74) is 16.9. The number of aromatic amines is 1. The summed E-state index contributed by atoms with van der Waals surface area (Å²) in [6, 6.07) is 10.8. The number of likely N-dealkylation sites (N-methyl/N-ethyl adjacent to an activating group) is 1. The highest BCUT2D eigenvalue weighted by Crippen LogP contribution is 2.32. The number of benzene rings is 1. The number of hydrogen-bond donors (Lipinski definition) is 5. The Bertz CT molecular complexity index is 1190. The fraction of sp³-hybridized carbons (Fsp3) is 0.286. The molecular weight excluding hydrogens is 454 g/mol. The topological polar surface area (TPSA) is 141 Å². The van der Waals surface area contributed by atoms with Crippen LogP contribution >= 0.6 is 0 Å². The van der Waals surface area contributed by atoms with Gasteiger partial charge >= 0.3 is 0 Å². The van der Waals surface area contributed by atoms with E-state index >= 15 is 0 Å². The molecule has 1 amide bonds. The highest BCUT2D eigenvalue weighted by Gasteiger charge is 2.16. The molecule has 2 heterocycles. The van der Waals surface area contributed by atoms with E-state index in [1.165, 1.54) is 6.08 Å². The summed E-state index contributed by atoms with van der Waals surface area (Å²) >= 11 is 0. The first-order valence-corrected chi connectivity index (χ1v) is 11.9. The van der Waals surface area contributed by atoms with Gasteiger partial charge in [-0.15, -0.1) is 0 Å². The van der Waals surface area contributed by atoms with Crippen LogP contribution in [0.1, 0.15) is 43.0 Å². The Morgan fingerprint density at radius 1 is 1.31 bits per heavy atom. The SMILES string of the molecule is C=CC(=O)N(C)[C@H](CO)CCCC.Cc1cc(-c2c[nH]c(N)c2/C=C(\N)c2ccccc2O)ccn1. The van der Waals surface area contributed by atoms with Gasteiger partial charge in [0.15, 0.2) is 0 Å². The lowest BCUT2D eigenvalue weighted by atomic mass is 10.0. The molecule has 3 aromatic rings. The number of carbonyl (C=O) groups is 1. The van der Waals surface area contributed by atoms with Crippen LogP contribution in [0.25, 0.3) is 22.9 Å². The van der Waals surface area contributed by atoms with Gasteiger partial charge in [-0.2, -0.15) is 0 Å². The summed E-state index contributed by atoms with van der Waals surface area (Å²) in [6.07, 6.45) is 9.60. The number of aromatic hydroxyl groups is 1. The number of H-pyrrole nitrogens is 1. The van der Waals surface area contributed by atoms with Gasteiger partial charge in [0.05, 0.1) is 12.6 Å². The molecule has 192 valence electrons. The van der Waals surface area contributed by atoms with Crippen LogP contribution < -0.4 is 11.5 Å². The van der Waals surface area contributed by atoms with E-state index < -0.39 is 0 Å². The normalized spacial score (nSPS) is 11.8. The van der Waals surface area contributed by atoms with Crippen LogP contribution in [-0.4, -0.2) is 50.7 Å². The summed E-state index contributed by atoms with van der Waals surface area (Å²) in [5, 5.41) is 19.0. The lowest BCUT2D eigenvalue weighted by Gasteiger charge is -2.25. The van der Waals surface area contributed by atoms with E-state index in [2.05, 4.69) is 23.5 Å². The smallest absolute Gasteiger partial charge is 0.246 e. The van der Waals surface area contributed by atoms with Crippen molar-refractivity contribution in [2.75, 3.05) is 19.4 Å². The average Bonchev–Trinajstić information content (AvgIpc) is 3.24. The van der Waals surface area contributed by atoms with Gasteiger partial charge in [-0.3, -0.25) is 9.78 Å². The minimum absolute atomic E-state index is 0.0239. The van der Waals surface area contributed by atoms with Gasteiger partial charge in [-0.05, 0) is 55.3 Å². The van der Waals surface area contributed by atoms with Gasteiger partial charge in [0.1, 0.15) is 11.6 Å². The Kier molecular flexibility index (Phi) is 10.8. The van der Waals surface area contributed by atoms with E-state index in [4.69, 9.17) is 16.6 Å². The molecule has 0 aliphatic carbocycles. The number of nitrogens with one attached hydrogen (secondary N) is 1. The van der Waals surface area contributed by atoms with Crippen LogP contribution in [-0.2, 0) is 4.79 Å². The van der Waals surface area contributed by atoms with Crippen LogP contribution in [0.4, 0.5) is 5.82 Å². The fourth-order valence-electron chi connectivity index (χ4n) is 3.68. The first-order chi connectivity index (χ1) is 17.2. The summed E-state index contributed by atoms with van der Waals surface area (Å²) in [4.78, 5) is 19.9. The third-order valence-electron chi connectivity index (χ3n) is 5.85. The van der Waals surface area contributed by atoms with E-state index in [1.54, 1.807) is 42.4 Å². The van der Waals surface area contributed by atoms with E-state index in [1.807, 2.05) is 31.3 Å². The molecule has 0 fully saturated rings. The van der Waals surface area contributed by atoms with E-state index in [9.17, 15) is 9.90 Å². The maximum atomic E-state index is 11.2. The van der Waals surface area contributed by atoms with Crippen molar-refractivity contribution in [1.29, 1.82) is 0 Å². The number of aliphatic hydroxyl groups excluding tert-OH is 1. The summed E-state index contributed by atoms with van der Waals surface area (Å²) < 4.78 is 0. The first-order valence-electron chi connectivity index (χ1n) is 11.9. The molecule has 0 bridgehead atoms. The number of nitrogen functional groups attached to an aromatic ring is 1. The number of nitrogens with zero attached hydrogens (tertiary/aromatic N) is 2. The van der Waals surface area contributed by atoms with Gasteiger partial charge in [0.2, 0.25) is 5.91 Å². The Balaban J connectivity index is 0.000000302. The molecule has 1 aromatic carbocycles. The predicted octanol–water partition coefficient (Wildman–Crippen LogP) is 4.31. The van der Waals surface area contributed by atoms with Crippen LogP contribution in [0.5, 0.6) is 5.75 Å². The molecule has 7 N–H and O–H groups in total. The number of aliphatic hydroxyl groups is 1. The lowest BCUT2D eigenvalue weighted by molar-refractivity contribution is -0.127. The molecule has 0 unspecified atom stereocenters. The number of unbranched alkanes of at least 4 members (excludes halogenated alkanes) is 1. The highest BCUT2D eigenvalue weighted by atomic mass is 16.3. The van der Waals surface area contributed by atoms with Gasteiger partial charge in [0, 0.05) is 47.5 Å².